The van der Waals surface area contributed by atoms with Gasteiger partial charge < -0.3 is 10.4 Å². The lowest BCUT2D eigenvalue weighted by molar-refractivity contribution is -0.385. The van der Waals surface area contributed by atoms with Crippen LogP contribution in [0.1, 0.15) is 50.3 Å². The molecule has 6 N–H and O–H groups in total. The number of Topliss-reactive ketones (excluding diaryl/α,β-unsaturated/α-hetero) is 1. The smallest absolute Gasteiger partial charge is 0.273 e. The van der Waals surface area contributed by atoms with Gasteiger partial charge in [-0.05, 0) is 42.0 Å². The van der Waals surface area contributed by atoms with Crippen LogP contribution < -0.4 is 15.4 Å². The summed E-state index contributed by atoms with van der Waals surface area (Å²) in [7, 11) is -7.65. The predicted molar refractivity (Wildman–Crippen MR) is 178 cm³/mol. The number of rotatable bonds is 9. The van der Waals surface area contributed by atoms with Gasteiger partial charge in [-0.3, -0.25) is 34.1 Å². The van der Waals surface area contributed by atoms with Gasteiger partial charge in [0.15, 0.2) is 11.6 Å². The van der Waals surface area contributed by atoms with Crippen molar-refractivity contribution in [2.45, 2.75) is 50.6 Å². The van der Waals surface area contributed by atoms with Crippen LogP contribution in [0.2, 0.25) is 0 Å². The number of aliphatic hydroxyl groups is 1. The van der Waals surface area contributed by atoms with Crippen LogP contribution in [-0.2, 0) is 26.9 Å². The second-order valence-corrected chi connectivity index (χ2v) is 15.9. The van der Waals surface area contributed by atoms with Crippen molar-refractivity contribution in [3.8, 4) is 0 Å². The second kappa shape index (κ2) is 11.8. The summed E-state index contributed by atoms with van der Waals surface area (Å²) in [5.74, 6) is -1.34. The van der Waals surface area contributed by atoms with E-state index in [4.69, 9.17) is 0 Å². The van der Waals surface area contributed by atoms with E-state index in [9.17, 15) is 37.5 Å². The Morgan fingerprint density at radius 1 is 1.07 bits per heavy atom. The SMILES string of the molecule is CC(C)(C)CCC1(NCc2ccccc2[N+](=O)[O-])C(=O)C(C2=NS(O)(O)c3cc(NS(C)(=O)=O)ccc3N2)=C(O)c2ccccc21. The molecule has 0 saturated carbocycles. The van der Waals surface area contributed by atoms with E-state index >= 15 is 0 Å². The summed E-state index contributed by atoms with van der Waals surface area (Å²) in [5.41, 5.74) is -0.829. The number of para-hydroxylation sites is 1. The number of sulfonamides is 1. The topological polar surface area (TPSA) is 203 Å². The largest absolute Gasteiger partial charge is 0.506 e. The molecule has 244 valence electrons. The summed E-state index contributed by atoms with van der Waals surface area (Å²) in [6, 6.07) is 17.0. The van der Waals surface area contributed by atoms with Crippen molar-refractivity contribution in [1.29, 1.82) is 0 Å². The number of amidine groups is 1. The van der Waals surface area contributed by atoms with Crippen LogP contribution in [0.5, 0.6) is 0 Å². The minimum absolute atomic E-state index is 0.0660. The van der Waals surface area contributed by atoms with Crippen molar-refractivity contribution in [3.05, 3.63) is 99.1 Å². The molecule has 2 aliphatic rings. The first kappa shape index (κ1) is 33.1. The number of benzene rings is 3. The van der Waals surface area contributed by atoms with Crippen LogP contribution in [0, 0.1) is 15.5 Å². The maximum absolute atomic E-state index is 14.8. The number of hydrogen-bond donors (Lipinski definition) is 6. The fourth-order valence-electron chi connectivity index (χ4n) is 5.58. The van der Waals surface area contributed by atoms with Crippen LogP contribution >= 0.6 is 10.8 Å². The number of anilines is 2. The minimum atomic E-state index is -3.99. The summed E-state index contributed by atoms with van der Waals surface area (Å²) < 4.78 is 52.1. The number of ketones is 1. The maximum Gasteiger partial charge on any atom is 0.273 e. The van der Waals surface area contributed by atoms with E-state index in [0.717, 1.165) is 6.26 Å². The number of carbonyl (C=O) groups is 1. The fourth-order valence-corrected chi connectivity index (χ4v) is 7.33. The third-order valence-electron chi connectivity index (χ3n) is 7.80. The molecular formula is C31H35N5O8S2. The lowest BCUT2D eigenvalue weighted by Gasteiger charge is -2.42. The molecule has 15 heteroatoms. The van der Waals surface area contributed by atoms with E-state index in [1.54, 1.807) is 42.5 Å². The Labute approximate surface area is 268 Å². The molecule has 46 heavy (non-hydrogen) atoms. The van der Waals surface area contributed by atoms with Crippen molar-refractivity contribution in [2.75, 3.05) is 16.3 Å². The molecule has 1 atom stereocenters. The Hall–Kier alpha value is -4.28. The molecule has 0 bridgehead atoms. The number of aliphatic hydroxyl groups excluding tert-OH is 1. The maximum atomic E-state index is 14.8. The molecule has 3 aromatic rings. The van der Waals surface area contributed by atoms with Crippen LogP contribution in [0.25, 0.3) is 5.76 Å². The number of nitrogens with one attached hydrogen (secondary N) is 3. The van der Waals surface area contributed by atoms with Crippen molar-refractivity contribution in [3.63, 3.8) is 0 Å². The Morgan fingerprint density at radius 3 is 2.41 bits per heavy atom. The summed E-state index contributed by atoms with van der Waals surface area (Å²) in [4.78, 5) is 26.0. The Balaban J connectivity index is 1.64. The average Bonchev–Trinajstić information content (AvgIpc) is 2.96. The van der Waals surface area contributed by atoms with E-state index in [1.165, 1.54) is 24.3 Å². The highest BCUT2D eigenvalue weighted by Gasteiger charge is 2.50. The van der Waals surface area contributed by atoms with Gasteiger partial charge in [-0.25, -0.2) is 8.42 Å². The fraction of sp³-hybridized carbons (Fsp3) is 0.290. The van der Waals surface area contributed by atoms with Gasteiger partial charge in [0, 0.05) is 23.7 Å². The summed E-state index contributed by atoms with van der Waals surface area (Å²) in [6.45, 7) is 5.98. The molecule has 0 amide bonds. The molecule has 0 radical (unpaired) electrons. The highest BCUT2D eigenvalue weighted by atomic mass is 32.3. The molecule has 0 aromatic heterocycles. The zero-order valence-electron chi connectivity index (χ0n) is 25.6. The van der Waals surface area contributed by atoms with Gasteiger partial charge in [0.1, 0.15) is 21.8 Å². The Bertz CT molecular complexity index is 1920. The van der Waals surface area contributed by atoms with Crippen molar-refractivity contribution in [2.24, 2.45) is 9.81 Å². The summed E-state index contributed by atoms with van der Waals surface area (Å²) in [5, 5.41) is 29.6. The average molecular weight is 670 g/mol. The van der Waals surface area contributed by atoms with Crippen molar-refractivity contribution >= 4 is 55.2 Å². The minimum Gasteiger partial charge on any atom is -0.506 e. The molecule has 0 fully saturated rings. The zero-order valence-corrected chi connectivity index (χ0v) is 27.2. The van der Waals surface area contributed by atoms with Crippen LogP contribution in [0.15, 0.2) is 81.6 Å². The number of nitro benzene ring substituents is 1. The molecule has 0 saturated heterocycles. The molecule has 1 heterocycles. The van der Waals surface area contributed by atoms with Gasteiger partial charge in [0.2, 0.25) is 10.0 Å². The predicted octanol–water partition coefficient (Wildman–Crippen LogP) is 6.18. The van der Waals surface area contributed by atoms with Crippen LogP contribution in [-0.4, -0.2) is 45.4 Å². The van der Waals surface area contributed by atoms with Crippen molar-refractivity contribution in [1.82, 2.24) is 5.32 Å². The van der Waals surface area contributed by atoms with E-state index in [-0.39, 0.29) is 51.7 Å². The first-order valence-corrected chi connectivity index (χ1v) is 17.6. The first-order valence-electron chi connectivity index (χ1n) is 14.2. The number of hydrogen-bond acceptors (Lipinski definition) is 11. The van der Waals surface area contributed by atoms with Crippen LogP contribution in [0.3, 0.4) is 0 Å². The molecule has 3 aromatic carbocycles. The number of fused-ring (bicyclic) bond motifs is 2. The lowest BCUT2D eigenvalue weighted by Crippen LogP contribution is -2.53. The normalized spacial score (nSPS) is 19.8. The summed E-state index contributed by atoms with van der Waals surface area (Å²) >= 11 is 0. The van der Waals surface area contributed by atoms with Gasteiger partial charge >= 0.3 is 0 Å². The van der Waals surface area contributed by atoms with E-state index in [0.29, 0.717) is 23.1 Å². The molecule has 5 rings (SSSR count). The number of nitrogens with zero attached hydrogens (tertiary/aromatic N) is 2. The zero-order chi connectivity index (χ0) is 33.7. The van der Waals surface area contributed by atoms with Gasteiger partial charge in [-0.2, -0.15) is 0 Å². The van der Waals surface area contributed by atoms with Crippen LogP contribution in [0.4, 0.5) is 17.1 Å². The van der Waals surface area contributed by atoms with E-state index in [1.807, 2.05) is 20.8 Å². The van der Waals surface area contributed by atoms with Gasteiger partial charge in [-0.1, -0.05) is 74.0 Å². The van der Waals surface area contributed by atoms with E-state index < -0.39 is 42.8 Å². The van der Waals surface area contributed by atoms with Crippen molar-refractivity contribution < 1.29 is 32.3 Å². The third kappa shape index (κ3) is 6.50. The Morgan fingerprint density at radius 2 is 1.74 bits per heavy atom. The second-order valence-electron chi connectivity index (χ2n) is 12.5. The monoisotopic (exact) mass is 669 g/mol. The van der Waals surface area contributed by atoms with E-state index in [2.05, 4.69) is 19.8 Å². The molecule has 13 nitrogen and oxygen atoms in total. The molecular weight excluding hydrogens is 635 g/mol. The Kier molecular flexibility index (Phi) is 8.50. The number of nitro groups is 1. The molecule has 1 aliphatic carbocycles. The highest BCUT2D eigenvalue weighted by Crippen LogP contribution is 2.57. The molecule has 1 aliphatic heterocycles. The molecule has 1 unspecified atom stereocenters. The lowest BCUT2D eigenvalue weighted by atomic mass is 9.69. The van der Waals surface area contributed by atoms with Gasteiger partial charge in [-0.15, -0.1) is 4.40 Å². The summed E-state index contributed by atoms with van der Waals surface area (Å²) in [6.07, 6.45) is 1.71. The standard InChI is InChI=1S/C31H35N5O8S2/c1-30(2,3)15-16-31(32-18-19-9-5-8-12-24(19)36(39)40)22-11-7-6-10-21(22)27(37)26(28(31)38)29-33-23-14-13-20(34-45(4,41)42)17-25(23)46(43,44)35-29/h5-14,17,32,34,37,43-44H,15-16,18H2,1-4H3,(H,33,35). The quantitative estimate of drug-likeness (QED) is 0.113. The highest BCUT2D eigenvalue weighted by molar-refractivity contribution is 8.23. The van der Waals surface area contributed by atoms with Gasteiger partial charge in [0.05, 0.1) is 22.6 Å². The first-order chi connectivity index (χ1) is 21.4. The number of carbonyl (C=O) groups excluding carboxylic acids is 1. The van der Waals surface area contributed by atoms with Gasteiger partial charge in [0.25, 0.3) is 5.69 Å². The molecule has 0 spiro atoms. The third-order valence-corrected chi connectivity index (χ3v) is 9.77.